The Morgan fingerprint density at radius 3 is 2.92 bits per heavy atom. The van der Waals surface area contributed by atoms with Crippen LogP contribution >= 0.6 is 11.3 Å². The molecule has 17 heteroatoms. The predicted molar refractivity (Wildman–Crippen MR) is 171 cm³/mol. The SMILES string of the molecule is CNC(=O)C[C@@]1(O)COCCN(c2nc(OC[C@@]34CCCN3C[C@H](F)C4)nc(-c3noc([C@@]4(C)CCCc5sc(N)c(C#N)c54)n3)n2)C1. The van der Waals surface area contributed by atoms with Crippen LogP contribution in [-0.2, 0) is 21.4 Å². The number of ether oxygens (including phenoxy) is 2. The van der Waals surface area contributed by atoms with Gasteiger partial charge >= 0.3 is 6.01 Å². The number of anilines is 2. The number of nitriles is 1. The first-order valence-electron chi connectivity index (χ1n) is 16.2. The van der Waals surface area contributed by atoms with Crippen molar-refractivity contribution < 1.29 is 28.3 Å². The highest BCUT2D eigenvalue weighted by molar-refractivity contribution is 7.16. The van der Waals surface area contributed by atoms with Crippen LogP contribution < -0.4 is 20.7 Å². The topological polar surface area (TPSA) is 202 Å². The smallest absolute Gasteiger partial charge is 0.321 e. The number of halogens is 1. The summed E-state index contributed by atoms with van der Waals surface area (Å²) in [6.07, 6.45) is 3.37. The number of rotatable bonds is 8. The summed E-state index contributed by atoms with van der Waals surface area (Å²) >= 11 is 1.42. The summed E-state index contributed by atoms with van der Waals surface area (Å²) in [6, 6.07) is 2.25. The first kappa shape index (κ1) is 32.6. The standard InChI is InChI=1S/C31H39FN10O5S/c1-29(6-3-5-20-22(29)19(13-33)23(34)48-20)26-36-25(40-47-26)24-37-27(41-9-10-45-17-31(44,15-41)12-21(43)35-2)39-28(38-24)46-16-30-7-4-8-42(30)14-18(32)11-30/h18,44H,3-12,14-17,34H2,1-2H3,(H,35,43)/t18-,29+,30+,31+/m1/s1. The molecule has 48 heavy (non-hydrogen) atoms. The molecule has 6 heterocycles. The van der Waals surface area contributed by atoms with Crippen LogP contribution in [0.4, 0.5) is 15.3 Å². The van der Waals surface area contributed by atoms with Crippen molar-refractivity contribution in [1.82, 2.24) is 35.3 Å². The second-order valence-electron chi connectivity index (χ2n) is 13.5. The van der Waals surface area contributed by atoms with E-state index in [1.807, 2.05) is 6.92 Å². The molecule has 0 spiro atoms. The number of thiophene rings is 1. The van der Waals surface area contributed by atoms with Crippen molar-refractivity contribution in [2.45, 2.75) is 74.6 Å². The normalized spacial score (nSPS) is 28.8. The van der Waals surface area contributed by atoms with Crippen LogP contribution in [0.25, 0.3) is 11.6 Å². The number of aliphatic hydroxyl groups is 1. The molecule has 0 radical (unpaired) electrons. The van der Waals surface area contributed by atoms with Gasteiger partial charge in [0.1, 0.15) is 29.4 Å². The largest absolute Gasteiger partial charge is 0.461 e. The molecule has 3 saturated heterocycles. The summed E-state index contributed by atoms with van der Waals surface area (Å²) in [7, 11) is 1.51. The number of nitrogens with one attached hydrogen (secondary N) is 1. The summed E-state index contributed by atoms with van der Waals surface area (Å²) in [4.78, 5) is 35.8. The number of fused-ring (bicyclic) bond motifs is 2. The maximum absolute atomic E-state index is 14.5. The number of nitrogen functional groups attached to an aromatic ring is 1. The molecule has 3 aromatic rings. The number of carbonyl (C=O) groups excluding carboxylic acids is 1. The van der Waals surface area contributed by atoms with Crippen LogP contribution in [0.15, 0.2) is 4.52 Å². The maximum Gasteiger partial charge on any atom is 0.321 e. The zero-order valence-corrected chi connectivity index (χ0v) is 27.8. The molecular weight excluding hydrogens is 643 g/mol. The number of β-amino-alcohol motifs (C(OH)–C–C–N with tert-alkyl or cyclic N) is 1. The zero-order chi connectivity index (χ0) is 33.7. The Bertz CT molecular complexity index is 1750. The average Bonchev–Trinajstić information content (AvgIpc) is 3.81. The van der Waals surface area contributed by atoms with Gasteiger partial charge in [-0.15, -0.1) is 11.3 Å². The fourth-order valence-corrected chi connectivity index (χ4v) is 8.92. The number of nitrogens with two attached hydrogens (primary N) is 1. The van der Waals surface area contributed by atoms with Crippen molar-refractivity contribution in [3.05, 3.63) is 21.9 Å². The molecule has 4 atom stereocenters. The lowest BCUT2D eigenvalue weighted by molar-refractivity contribution is -0.127. The third kappa shape index (κ3) is 5.84. The molecule has 3 fully saturated rings. The van der Waals surface area contributed by atoms with E-state index in [1.165, 1.54) is 18.4 Å². The third-order valence-electron chi connectivity index (χ3n) is 10.1. The summed E-state index contributed by atoms with van der Waals surface area (Å²) in [5.74, 6) is 0.301. The van der Waals surface area contributed by atoms with Gasteiger partial charge in [-0.05, 0) is 45.6 Å². The predicted octanol–water partition coefficient (Wildman–Crippen LogP) is 1.74. The van der Waals surface area contributed by atoms with Gasteiger partial charge in [0.25, 0.3) is 0 Å². The van der Waals surface area contributed by atoms with E-state index in [9.17, 15) is 19.6 Å². The van der Waals surface area contributed by atoms with Gasteiger partial charge in [-0.2, -0.15) is 25.2 Å². The van der Waals surface area contributed by atoms with Gasteiger partial charge in [0.15, 0.2) is 0 Å². The minimum absolute atomic E-state index is 0.000579. The number of amides is 1. The molecule has 3 aliphatic heterocycles. The number of aromatic nitrogens is 5. The van der Waals surface area contributed by atoms with E-state index in [0.29, 0.717) is 42.4 Å². The van der Waals surface area contributed by atoms with Crippen LogP contribution in [0, 0.1) is 11.3 Å². The fourth-order valence-electron chi connectivity index (χ4n) is 7.73. The van der Waals surface area contributed by atoms with Crippen molar-refractivity contribution in [3.8, 4) is 23.7 Å². The van der Waals surface area contributed by atoms with E-state index >= 15 is 0 Å². The average molecular weight is 683 g/mol. The molecule has 0 saturated carbocycles. The van der Waals surface area contributed by atoms with Crippen LogP contribution in [0.1, 0.15) is 67.3 Å². The molecule has 256 valence electrons. The van der Waals surface area contributed by atoms with E-state index < -0.39 is 22.7 Å². The van der Waals surface area contributed by atoms with Crippen molar-refractivity contribution in [3.63, 3.8) is 0 Å². The lowest BCUT2D eigenvalue weighted by atomic mass is 9.72. The lowest BCUT2D eigenvalue weighted by Crippen LogP contribution is -2.48. The first-order valence-corrected chi connectivity index (χ1v) is 17.1. The number of hydrogen-bond donors (Lipinski definition) is 3. The van der Waals surface area contributed by atoms with Gasteiger partial charge < -0.3 is 35.1 Å². The van der Waals surface area contributed by atoms with Crippen molar-refractivity contribution in [2.24, 2.45) is 0 Å². The molecule has 15 nitrogen and oxygen atoms in total. The van der Waals surface area contributed by atoms with E-state index in [2.05, 4.69) is 36.4 Å². The molecule has 0 unspecified atom stereocenters. The molecule has 4 N–H and O–H groups in total. The third-order valence-corrected chi connectivity index (χ3v) is 11.2. The van der Waals surface area contributed by atoms with Gasteiger partial charge in [0, 0.05) is 37.0 Å². The van der Waals surface area contributed by atoms with Gasteiger partial charge in [-0.3, -0.25) is 9.69 Å². The molecule has 1 aliphatic carbocycles. The Morgan fingerprint density at radius 1 is 1.25 bits per heavy atom. The van der Waals surface area contributed by atoms with Crippen LogP contribution in [0.5, 0.6) is 6.01 Å². The molecule has 4 aliphatic rings. The summed E-state index contributed by atoms with van der Waals surface area (Å²) in [6.45, 7) is 3.87. The van der Waals surface area contributed by atoms with Crippen molar-refractivity contribution in [1.29, 1.82) is 5.26 Å². The van der Waals surface area contributed by atoms with Gasteiger partial charge in [-0.25, -0.2) is 4.39 Å². The second-order valence-corrected chi connectivity index (χ2v) is 14.7. The molecule has 3 aromatic heterocycles. The maximum atomic E-state index is 14.5. The molecule has 0 bridgehead atoms. The number of aryl methyl sites for hydroxylation is 1. The minimum Gasteiger partial charge on any atom is -0.461 e. The monoisotopic (exact) mass is 682 g/mol. The van der Waals surface area contributed by atoms with E-state index in [1.54, 1.807) is 4.90 Å². The first-order chi connectivity index (χ1) is 23.0. The lowest BCUT2D eigenvalue weighted by Gasteiger charge is -2.31. The van der Waals surface area contributed by atoms with Crippen LogP contribution in [0.2, 0.25) is 0 Å². The van der Waals surface area contributed by atoms with Crippen LogP contribution in [-0.4, -0.2) is 111 Å². The fraction of sp³-hybridized carbons (Fsp3) is 0.645. The highest BCUT2D eigenvalue weighted by Gasteiger charge is 2.49. The Kier molecular flexibility index (Phi) is 8.47. The highest BCUT2D eigenvalue weighted by atomic mass is 32.1. The molecule has 7 rings (SSSR count). The van der Waals surface area contributed by atoms with Gasteiger partial charge in [-0.1, -0.05) is 5.16 Å². The summed E-state index contributed by atoms with van der Waals surface area (Å²) < 4.78 is 32.3. The zero-order valence-electron chi connectivity index (χ0n) is 27.0. The Labute approximate surface area is 280 Å². The van der Waals surface area contributed by atoms with Gasteiger partial charge in [0.05, 0.1) is 42.7 Å². The Hall–Kier alpha value is -3.98. The number of nitrogens with zero attached hydrogens (tertiary/aromatic N) is 8. The number of carbonyl (C=O) groups is 1. The minimum atomic E-state index is -1.51. The Balaban J connectivity index is 1.24. The summed E-state index contributed by atoms with van der Waals surface area (Å²) in [5, 5.41) is 28.6. The molecule has 1 amide bonds. The van der Waals surface area contributed by atoms with Gasteiger partial charge in [0.2, 0.25) is 29.4 Å². The number of alkyl halides is 1. The van der Waals surface area contributed by atoms with Crippen molar-refractivity contribution >= 4 is 28.2 Å². The summed E-state index contributed by atoms with van der Waals surface area (Å²) in [5.41, 5.74) is 4.77. The van der Waals surface area contributed by atoms with Crippen molar-refractivity contribution in [2.75, 3.05) is 63.7 Å². The van der Waals surface area contributed by atoms with E-state index in [-0.39, 0.29) is 62.3 Å². The second kappa shape index (κ2) is 12.5. The highest BCUT2D eigenvalue weighted by Crippen LogP contribution is 2.48. The quantitative estimate of drug-likeness (QED) is 0.310. The molecule has 0 aromatic carbocycles. The van der Waals surface area contributed by atoms with Crippen LogP contribution in [0.3, 0.4) is 0 Å². The van der Waals surface area contributed by atoms with E-state index in [4.69, 9.17) is 24.7 Å². The molecular formula is C31H39FN10O5S. The number of hydrogen-bond acceptors (Lipinski definition) is 15. The Morgan fingerprint density at radius 2 is 2.10 bits per heavy atom. The van der Waals surface area contributed by atoms with E-state index in [0.717, 1.165) is 42.7 Å².